The van der Waals surface area contributed by atoms with Gasteiger partial charge in [0.25, 0.3) is 0 Å². The number of amides is 1. The van der Waals surface area contributed by atoms with Gasteiger partial charge in [-0.1, -0.05) is 0 Å². The summed E-state index contributed by atoms with van der Waals surface area (Å²) in [6.07, 6.45) is 3.02. The molecule has 0 aliphatic carbocycles. The average molecular weight is 388 g/mol. The summed E-state index contributed by atoms with van der Waals surface area (Å²) in [5.74, 6) is 0.489. The Bertz CT molecular complexity index is 698. The van der Waals surface area contributed by atoms with Gasteiger partial charge < -0.3 is 10.6 Å². The Morgan fingerprint density at radius 3 is 2.20 bits per heavy atom. The Morgan fingerprint density at radius 2 is 1.72 bits per heavy atom. The van der Waals surface area contributed by atoms with E-state index < -0.39 is 10.0 Å². The second-order valence-electron chi connectivity index (χ2n) is 6.74. The molecular weight excluding hydrogens is 362 g/mol. The van der Waals surface area contributed by atoms with Crippen LogP contribution in [0.25, 0.3) is 0 Å². The second-order valence-corrected chi connectivity index (χ2v) is 8.68. The van der Waals surface area contributed by atoms with Crippen LogP contribution < -0.4 is 10.6 Å². The van der Waals surface area contributed by atoms with Gasteiger partial charge in [0.2, 0.25) is 15.9 Å². The molecule has 2 aliphatic heterocycles. The maximum absolute atomic E-state index is 12.8. The zero-order chi connectivity index (χ0) is 17.3. The lowest BCUT2D eigenvalue weighted by Gasteiger charge is -2.33. The molecular formula is C17H26ClN3O3S. The van der Waals surface area contributed by atoms with Crippen molar-refractivity contribution in [1.29, 1.82) is 0 Å². The van der Waals surface area contributed by atoms with Crippen molar-refractivity contribution in [3.63, 3.8) is 0 Å². The van der Waals surface area contributed by atoms with Gasteiger partial charge in [-0.3, -0.25) is 4.79 Å². The number of halogens is 1. The van der Waals surface area contributed by atoms with E-state index in [1.165, 1.54) is 0 Å². The highest BCUT2D eigenvalue weighted by Gasteiger charge is 2.31. The second kappa shape index (κ2) is 8.03. The number of rotatable bonds is 4. The van der Waals surface area contributed by atoms with Crippen molar-refractivity contribution >= 4 is 34.0 Å². The molecule has 1 unspecified atom stereocenters. The molecule has 2 saturated heterocycles. The fourth-order valence-electron chi connectivity index (χ4n) is 3.51. The molecule has 0 saturated carbocycles. The van der Waals surface area contributed by atoms with Gasteiger partial charge in [0, 0.05) is 37.8 Å². The first-order valence-electron chi connectivity index (χ1n) is 8.56. The number of carbonyl (C=O) groups is 1. The molecule has 1 amide bonds. The normalized spacial score (nSPS) is 21.2. The summed E-state index contributed by atoms with van der Waals surface area (Å²) in [5, 5.41) is 0. The molecule has 2 heterocycles. The Labute approximate surface area is 155 Å². The van der Waals surface area contributed by atoms with E-state index in [0.717, 1.165) is 24.9 Å². The van der Waals surface area contributed by atoms with E-state index in [0.29, 0.717) is 32.0 Å². The van der Waals surface area contributed by atoms with E-state index in [4.69, 9.17) is 5.73 Å². The van der Waals surface area contributed by atoms with Crippen LogP contribution in [0.4, 0.5) is 5.69 Å². The van der Waals surface area contributed by atoms with Crippen molar-refractivity contribution in [3.05, 3.63) is 24.3 Å². The summed E-state index contributed by atoms with van der Waals surface area (Å²) in [4.78, 5) is 13.8. The van der Waals surface area contributed by atoms with Crippen molar-refractivity contribution in [2.24, 2.45) is 11.7 Å². The van der Waals surface area contributed by atoms with E-state index in [1.54, 1.807) is 33.5 Å². The number of sulfonamides is 1. The summed E-state index contributed by atoms with van der Waals surface area (Å²) in [5.41, 5.74) is 6.69. The van der Waals surface area contributed by atoms with Crippen molar-refractivity contribution in [2.45, 2.75) is 43.5 Å². The predicted octanol–water partition coefficient (Wildman–Crippen LogP) is 1.98. The highest BCUT2D eigenvalue weighted by molar-refractivity contribution is 7.89. The summed E-state index contributed by atoms with van der Waals surface area (Å²) < 4.78 is 27.1. The monoisotopic (exact) mass is 387 g/mol. The standard InChI is InChI=1S/C17H25N3O3S.ClH/c1-13(18)14-8-11-19(12-9-14)24(22,23)16-6-4-15(5-7-16)20-10-2-3-17(20)21;/h4-7,13-14H,2-3,8-12,18H2,1H3;1H. The number of nitrogens with two attached hydrogens (primary N) is 1. The Kier molecular flexibility index (Phi) is 6.48. The molecule has 2 fully saturated rings. The van der Waals surface area contributed by atoms with E-state index in [1.807, 2.05) is 6.92 Å². The Balaban J connectivity index is 0.00000225. The van der Waals surface area contributed by atoms with Crippen molar-refractivity contribution < 1.29 is 13.2 Å². The summed E-state index contributed by atoms with van der Waals surface area (Å²) >= 11 is 0. The minimum Gasteiger partial charge on any atom is -0.328 e. The lowest BCUT2D eigenvalue weighted by atomic mass is 9.92. The number of hydrogen-bond acceptors (Lipinski definition) is 4. The molecule has 2 aliphatic rings. The number of benzene rings is 1. The van der Waals surface area contributed by atoms with Crippen molar-refractivity contribution in [3.8, 4) is 0 Å². The fraction of sp³-hybridized carbons (Fsp3) is 0.588. The molecule has 140 valence electrons. The van der Waals surface area contributed by atoms with Crippen molar-refractivity contribution in [2.75, 3.05) is 24.5 Å². The quantitative estimate of drug-likeness (QED) is 0.856. The van der Waals surface area contributed by atoms with Gasteiger partial charge in [-0.25, -0.2) is 8.42 Å². The van der Waals surface area contributed by atoms with Gasteiger partial charge in [-0.15, -0.1) is 12.4 Å². The topological polar surface area (TPSA) is 83.7 Å². The number of carbonyl (C=O) groups excluding carboxylic acids is 1. The molecule has 0 spiro atoms. The molecule has 0 bridgehead atoms. The third kappa shape index (κ3) is 4.16. The predicted molar refractivity (Wildman–Crippen MR) is 100 cm³/mol. The first-order valence-corrected chi connectivity index (χ1v) is 10.00. The summed E-state index contributed by atoms with van der Waals surface area (Å²) in [6, 6.07) is 6.77. The smallest absolute Gasteiger partial charge is 0.243 e. The van der Waals surface area contributed by atoms with Gasteiger partial charge >= 0.3 is 0 Å². The molecule has 2 N–H and O–H groups in total. The number of hydrogen-bond donors (Lipinski definition) is 1. The molecule has 8 heteroatoms. The van der Waals surface area contributed by atoms with Crippen LogP contribution >= 0.6 is 12.4 Å². The first kappa shape index (κ1) is 20.2. The molecule has 1 atom stereocenters. The van der Waals surface area contributed by atoms with E-state index in [9.17, 15) is 13.2 Å². The first-order chi connectivity index (χ1) is 11.4. The molecule has 25 heavy (non-hydrogen) atoms. The van der Waals surface area contributed by atoms with Gasteiger partial charge in [0.05, 0.1) is 4.90 Å². The van der Waals surface area contributed by atoms with E-state index in [-0.39, 0.29) is 29.3 Å². The van der Waals surface area contributed by atoms with Crippen LogP contribution in [0.1, 0.15) is 32.6 Å². The number of anilines is 1. The maximum atomic E-state index is 12.8. The van der Waals surface area contributed by atoms with Gasteiger partial charge in [0.15, 0.2) is 0 Å². The van der Waals surface area contributed by atoms with E-state index >= 15 is 0 Å². The van der Waals surface area contributed by atoms with Crippen LogP contribution in [-0.4, -0.2) is 44.3 Å². The van der Waals surface area contributed by atoms with Gasteiger partial charge in [-0.05, 0) is 56.4 Å². The van der Waals surface area contributed by atoms with Crippen molar-refractivity contribution in [1.82, 2.24) is 4.31 Å². The number of piperidine rings is 1. The molecule has 6 nitrogen and oxygen atoms in total. The summed E-state index contributed by atoms with van der Waals surface area (Å²) in [6.45, 7) is 3.71. The fourth-order valence-corrected chi connectivity index (χ4v) is 4.98. The average Bonchev–Trinajstić information content (AvgIpc) is 3.01. The van der Waals surface area contributed by atoms with E-state index in [2.05, 4.69) is 0 Å². The molecule has 0 radical (unpaired) electrons. The van der Waals surface area contributed by atoms with Gasteiger partial charge in [-0.2, -0.15) is 4.31 Å². The van der Waals surface area contributed by atoms with Crippen LogP contribution in [0, 0.1) is 5.92 Å². The highest BCUT2D eigenvalue weighted by atomic mass is 35.5. The molecule has 0 aromatic heterocycles. The lowest BCUT2D eigenvalue weighted by molar-refractivity contribution is -0.117. The van der Waals surface area contributed by atoms with Crippen LogP contribution in [-0.2, 0) is 14.8 Å². The van der Waals surface area contributed by atoms with Crippen LogP contribution in [0.2, 0.25) is 0 Å². The zero-order valence-corrected chi connectivity index (χ0v) is 16.1. The Morgan fingerprint density at radius 1 is 1.12 bits per heavy atom. The van der Waals surface area contributed by atoms with Crippen LogP contribution in [0.3, 0.4) is 0 Å². The largest absolute Gasteiger partial charge is 0.328 e. The third-order valence-corrected chi connectivity index (χ3v) is 7.01. The minimum atomic E-state index is -3.48. The van der Waals surface area contributed by atoms with Gasteiger partial charge in [0.1, 0.15) is 0 Å². The SMILES string of the molecule is CC(N)C1CCN(S(=O)(=O)c2ccc(N3CCCC3=O)cc2)CC1.Cl. The number of nitrogens with zero attached hydrogens (tertiary/aromatic N) is 2. The zero-order valence-electron chi connectivity index (χ0n) is 14.4. The minimum absolute atomic E-state index is 0. The van der Waals surface area contributed by atoms with Crippen LogP contribution in [0.15, 0.2) is 29.2 Å². The molecule has 3 rings (SSSR count). The lowest BCUT2D eigenvalue weighted by Crippen LogP contribution is -2.42. The Hall–Kier alpha value is -1.15. The molecule has 1 aromatic carbocycles. The molecule has 1 aromatic rings. The maximum Gasteiger partial charge on any atom is 0.243 e. The summed E-state index contributed by atoms with van der Waals surface area (Å²) in [7, 11) is -3.48. The third-order valence-electron chi connectivity index (χ3n) is 5.10. The highest BCUT2D eigenvalue weighted by Crippen LogP contribution is 2.27. The van der Waals surface area contributed by atoms with Crippen LogP contribution in [0.5, 0.6) is 0 Å².